The number of hydrogen-bond acceptors (Lipinski definition) is 6. The van der Waals surface area contributed by atoms with Crippen LogP contribution >= 0.6 is 11.6 Å². The van der Waals surface area contributed by atoms with Gasteiger partial charge < -0.3 is 5.43 Å². The molecule has 0 unspecified atom stereocenters. The molecule has 3 N–H and O–H groups in total. The van der Waals surface area contributed by atoms with Crippen molar-refractivity contribution >= 4 is 17.4 Å². The van der Waals surface area contributed by atoms with E-state index < -0.39 is 0 Å². The minimum Gasteiger partial charge on any atom is -0.308 e. The fraction of sp³-hybridized carbons (Fsp3) is 0.360. The number of likely N-dealkylation sites (tertiary alicyclic amines) is 1. The first-order valence-electron chi connectivity index (χ1n) is 11.4. The lowest BCUT2D eigenvalue weighted by Crippen LogP contribution is -2.46. The van der Waals surface area contributed by atoms with Gasteiger partial charge in [-0.05, 0) is 73.3 Å². The van der Waals surface area contributed by atoms with Gasteiger partial charge in [-0.3, -0.25) is 9.80 Å². The largest absolute Gasteiger partial charge is 0.308 e. The van der Waals surface area contributed by atoms with Crippen LogP contribution in [0.25, 0.3) is 11.1 Å². The molecular weight excluding hydrogens is 439 g/mol. The number of piperidine rings is 1. The monoisotopic (exact) mass is 466 g/mol. The van der Waals surface area contributed by atoms with E-state index in [-0.39, 0.29) is 5.82 Å². The molecule has 33 heavy (non-hydrogen) atoms. The summed E-state index contributed by atoms with van der Waals surface area (Å²) in [6.45, 7) is 4.55. The van der Waals surface area contributed by atoms with E-state index in [0.717, 1.165) is 85.8 Å². The molecule has 0 aliphatic carbocycles. The van der Waals surface area contributed by atoms with Crippen molar-refractivity contribution in [1.82, 2.24) is 19.8 Å². The number of nitrogens with zero attached hydrogens (tertiary/aromatic N) is 4. The second-order valence-electron chi connectivity index (χ2n) is 8.83. The first-order valence-corrected chi connectivity index (χ1v) is 11.8. The highest BCUT2D eigenvalue weighted by molar-refractivity contribution is 6.30. The van der Waals surface area contributed by atoms with Crippen LogP contribution in [-0.4, -0.2) is 45.4 Å². The molecule has 2 aromatic carbocycles. The summed E-state index contributed by atoms with van der Waals surface area (Å²) < 4.78 is 14.1. The Morgan fingerprint density at radius 2 is 1.85 bits per heavy atom. The highest BCUT2D eigenvalue weighted by Crippen LogP contribution is 2.30. The van der Waals surface area contributed by atoms with Crippen LogP contribution in [0.4, 0.5) is 10.2 Å². The Morgan fingerprint density at radius 1 is 1.06 bits per heavy atom. The topological polar surface area (TPSA) is 70.3 Å². The standard InChI is InChI=1S/C25H28ClFN6/c26-19-3-1-17(2-4-19)22-6-5-20(27)13-18(22)14-32-10-7-21(8-11-32)33-12-9-23-24(15-33)29-16-30-25(23)31-28/h1-6,13,16,21H,7-12,14-15,28H2,(H,29,30,31). The van der Waals surface area contributed by atoms with Crippen molar-refractivity contribution in [3.63, 3.8) is 0 Å². The fourth-order valence-electron chi connectivity index (χ4n) is 5.10. The number of hydrazine groups is 1. The molecule has 0 radical (unpaired) electrons. The summed E-state index contributed by atoms with van der Waals surface area (Å²) in [4.78, 5) is 13.7. The van der Waals surface area contributed by atoms with Gasteiger partial charge in [0.15, 0.2) is 0 Å². The van der Waals surface area contributed by atoms with Gasteiger partial charge in [-0.2, -0.15) is 0 Å². The maximum Gasteiger partial charge on any atom is 0.146 e. The predicted octanol–water partition coefficient (Wildman–Crippen LogP) is 4.24. The van der Waals surface area contributed by atoms with Crippen molar-refractivity contribution < 1.29 is 4.39 Å². The molecule has 0 saturated carbocycles. The normalized spacial score (nSPS) is 17.7. The van der Waals surface area contributed by atoms with Crippen molar-refractivity contribution in [3.8, 4) is 11.1 Å². The molecule has 0 amide bonds. The number of nitrogens with one attached hydrogen (secondary N) is 1. The number of halogens is 2. The van der Waals surface area contributed by atoms with Crippen LogP contribution in [0.1, 0.15) is 29.7 Å². The van der Waals surface area contributed by atoms with Crippen LogP contribution in [-0.2, 0) is 19.5 Å². The third-order valence-electron chi connectivity index (χ3n) is 6.86. The van der Waals surface area contributed by atoms with Gasteiger partial charge in [-0.15, -0.1) is 0 Å². The molecule has 172 valence electrons. The number of rotatable bonds is 5. The first kappa shape index (κ1) is 22.2. The third kappa shape index (κ3) is 4.87. The first-order chi connectivity index (χ1) is 16.1. The van der Waals surface area contributed by atoms with Crippen molar-refractivity contribution in [2.24, 2.45) is 5.84 Å². The summed E-state index contributed by atoms with van der Waals surface area (Å²) in [5.74, 6) is 6.15. The van der Waals surface area contributed by atoms with Crippen LogP contribution < -0.4 is 11.3 Å². The summed E-state index contributed by atoms with van der Waals surface area (Å²) in [5.41, 5.74) is 8.03. The number of benzene rings is 2. The number of nitrogens with two attached hydrogens (primary N) is 1. The highest BCUT2D eigenvalue weighted by Gasteiger charge is 2.29. The van der Waals surface area contributed by atoms with E-state index in [2.05, 4.69) is 25.2 Å². The van der Waals surface area contributed by atoms with Crippen molar-refractivity contribution in [2.45, 2.75) is 38.4 Å². The SMILES string of the molecule is NNc1ncnc2c1CCN(C1CCN(Cc3cc(F)ccc3-c3ccc(Cl)cc3)CC1)C2. The molecule has 2 aliphatic heterocycles. The van der Waals surface area contributed by atoms with E-state index in [0.29, 0.717) is 11.1 Å². The van der Waals surface area contributed by atoms with Crippen LogP contribution in [0.15, 0.2) is 48.8 Å². The molecule has 0 atom stereocenters. The molecule has 1 saturated heterocycles. The fourth-order valence-corrected chi connectivity index (χ4v) is 5.22. The highest BCUT2D eigenvalue weighted by atomic mass is 35.5. The lowest BCUT2D eigenvalue weighted by molar-refractivity contribution is 0.0936. The smallest absolute Gasteiger partial charge is 0.146 e. The third-order valence-corrected chi connectivity index (χ3v) is 7.12. The molecule has 8 heteroatoms. The van der Waals surface area contributed by atoms with Gasteiger partial charge >= 0.3 is 0 Å². The predicted molar refractivity (Wildman–Crippen MR) is 129 cm³/mol. The van der Waals surface area contributed by atoms with Crippen LogP contribution in [0.3, 0.4) is 0 Å². The number of anilines is 1. The van der Waals surface area contributed by atoms with Gasteiger partial charge in [0.1, 0.15) is 18.0 Å². The Balaban J connectivity index is 1.24. The molecule has 3 aromatic rings. The van der Waals surface area contributed by atoms with Crippen molar-refractivity contribution in [2.75, 3.05) is 25.1 Å². The lowest BCUT2D eigenvalue weighted by Gasteiger charge is -2.40. The molecule has 5 rings (SSSR count). The number of hydrogen-bond donors (Lipinski definition) is 2. The lowest BCUT2D eigenvalue weighted by atomic mass is 9.96. The van der Waals surface area contributed by atoms with E-state index >= 15 is 0 Å². The Kier molecular flexibility index (Phi) is 6.55. The van der Waals surface area contributed by atoms with Gasteiger partial charge in [0.05, 0.1) is 5.69 Å². The summed E-state index contributed by atoms with van der Waals surface area (Å²) in [6.07, 6.45) is 4.67. The summed E-state index contributed by atoms with van der Waals surface area (Å²) >= 11 is 6.05. The van der Waals surface area contributed by atoms with Gasteiger partial charge in [-0.1, -0.05) is 29.8 Å². The molecular formula is C25H28ClFN6. The summed E-state index contributed by atoms with van der Waals surface area (Å²) in [6, 6.07) is 13.3. The second kappa shape index (κ2) is 9.73. The maximum atomic E-state index is 14.1. The molecule has 2 aliphatic rings. The average molecular weight is 467 g/mol. The van der Waals surface area contributed by atoms with E-state index in [1.54, 1.807) is 12.4 Å². The molecule has 3 heterocycles. The second-order valence-corrected chi connectivity index (χ2v) is 9.26. The van der Waals surface area contributed by atoms with E-state index in [9.17, 15) is 4.39 Å². The van der Waals surface area contributed by atoms with E-state index in [1.165, 1.54) is 6.07 Å². The minimum atomic E-state index is -0.196. The minimum absolute atomic E-state index is 0.196. The number of aromatic nitrogens is 2. The molecule has 0 spiro atoms. The zero-order valence-electron chi connectivity index (χ0n) is 18.5. The molecule has 1 fully saturated rings. The zero-order valence-corrected chi connectivity index (χ0v) is 19.2. The Morgan fingerprint density at radius 3 is 2.61 bits per heavy atom. The number of fused-ring (bicyclic) bond motifs is 1. The van der Waals surface area contributed by atoms with E-state index in [1.807, 2.05) is 30.3 Å². The summed E-state index contributed by atoms with van der Waals surface area (Å²) in [7, 11) is 0. The van der Waals surface area contributed by atoms with E-state index in [4.69, 9.17) is 17.4 Å². The average Bonchev–Trinajstić information content (AvgIpc) is 2.84. The Hall–Kier alpha value is -2.58. The quantitative estimate of drug-likeness (QED) is 0.433. The zero-order chi connectivity index (χ0) is 22.8. The van der Waals surface area contributed by atoms with Gasteiger partial charge in [0.2, 0.25) is 0 Å². The molecule has 6 nitrogen and oxygen atoms in total. The van der Waals surface area contributed by atoms with Crippen molar-refractivity contribution in [3.05, 3.63) is 76.5 Å². The maximum absolute atomic E-state index is 14.1. The van der Waals surface area contributed by atoms with Crippen LogP contribution in [0, 0.1) is 5.82 Å². The Labute approximate surface area is 198 Å². The number of nitrogen functional groups attached to an aromatic ring is 1. The van der Waals surface area contributed by atoms with Crippen LogP contribution in [0.5, 0.6) is 0 Å². The van der Waals surface area contributed by atoms with Crippen molar-refractivity contribution in [1.29, 1.82) is 0 Å². The van der Waals surface area contributed by atoms with Gasteiger partial charge in [0, 0.05) is 36.3 Å². The molecule has 1 aromatic heterocycles. The van der Waals surface area contributed by atoms with Crippen LogP contribution in [0.2, 0.25) is 5.02 Å². The summed E-state index contributed by atoms with van der Waals surface area (Å²) in [5, 5.41) is 0.701. The van der Waals surface area contributed by atoms with Gasteiger partial charge in [-0.25, -0.2) is 20.2 Å². The molecule has 0 bridgehead atoms. The van der Waals surface area contributed by atoms with Gasteiger partial charge in [0.25, 0.3) is 0 Å². The Bertz CT molecular complexity index is 1110.